The van der Waals surface area contributed by atoms with Crippen LogP contribution in [0.1, 0.15) is 11.1 Å². The smallest absolute Gasteiger partial charge is 0.419 e. The first-order valence-corrected chi connectivity index (χ1v) is 5.67. The Morgan fingerprint density at radius 2 is 1.33 bits per heavy atom. The van der Waals surface area contributed by atoms with Crippen molar-refractivity contribution in [1.29, 1.82) is 0 Å². The van der Waals surface area contributed by atoms with Crippen molar-refractivity contribution < 1.29 is 31.4 Å². The third-order valence-corrected chi connectivity index (χ3v) is 2.83. The molecule has 0 fully saturated rings. The third kappa shape index (κ3) is 3.29. The molecule has 2 aromatic carbocycles. The lowest BCUT2D eigenvalue weighted by Crippen LogP contribution is -2.05. The van der Waals surface area contributed by atoms with E-state index in [-0.39, 0.29) is 11.1 Å². The highest BCUT2D eigenvalue weighted by Gasteiger charge is 2.34. The first kappa shape index (κ1) is 15.2. The molecule has 0 aliphatic rings. The van der Waals surface area contributed by atoms with Crippen LogP contribution in [0.3, 0.4) is 0 Å². The van der Waals surface area contributed by atoms with E-state index in [1.54, 1.807) is 0 Å². The molecule has 1 nitrogen and oxygen atoms in total. The standard InChI is InChI=1S/C14H8F6O/c15-13(16,17)10-3-1-2-8(6-10)9-4-5-11(12(21)7-9)14(18,19)20/h1-7,21H. The van der Waals surface area contributed by atoms with Crippen molar-refractivity contribution in [1.82, 2.24) is 0 Å². The van der Waals surface area contributed by atoms with Crippen LogP contribution >= 0.6 is 0 Å². The molecule has 0 unspecified atom stereocenters. The maximum atomic E-state index is 12.6. The predicted molar refractivity (Wildman–Crippen MR) is 63.5 cm³/mol. The van der Waals surface area contributed by atoms with Gasteiger partial charge in [0.25, 0.3) is 0 Å². The Labute approximate surface area is 115 Å². The minimum Gasteiger partial charge on any atom is -0.507 e. The summed E-state index contributed by atoms with van der Waals surface area (Å²) in [5, 5.41) is 9.38. The molecule has 2 aromatic rings. The summed E-state index contributed by atoms with van der Waals surface area (Å²) < 4.78 is 75.2. The van der Waals surface area contributed by atoms with Crippen LogP contribution in [-0.4, -0.2) is 5.11 Å². The highest BCUT2D eigenvalue weighted by molar-refractivity contribution is 5.67. The van der Waals surface area contributed by atoms with Crippen molar-refractivity contribution >= 4 is 0 Å². The summed E-state index contributed by atoms with van der Waals surface area (Å²) in [5.74, 6) is -1.03. The van der Waals surface area contributed by atoms with E-state index in [0.717, 1.165) is 30.3 Å². The number of halogens is 6. The molecule has 0 aliphatic carbocycles. The third-order valence-electron chi connectivity index (χ3n) is 2.83. The summed E-state index contributed by atoms with van der Waals surface area (Å²) in [6.45, 7) is 0. The summed E-state index contributed by atoms with van der Waals surface area (Å²) in [6, 6.07) is 6.56. The topological polar surface area (TPSA) is 20.2 Å². The fraction of sp³-hybridized carbons (Fsp3) is 0.143. The van der Waals surface area contributed by atoms with E-state index in [0.29, 0.717) is 6.07 Å². The zero-order valence-corrected chi connectivity index (χ0v) is 10.3. The Balaban J connectivity index is 2.47. The van der Waals surface area contributed by atoms with Gasteiger partial charge in [-0.3, -0.25) is 0 Å². The highest BCUT2D eigenvalue weighted by atomic mass is 19.4. The Morgan fingerprint density at radius 3 is 1.86 bits per heavy atom. The van der Waals surface area contributed by atoms with Gasteiger partial charge in [-0.15, -0.1) is 0 Å². The van der Waals surface area contributed by atoms with E-state index in [1.165, 1.54) is 6.07 Å². The van der Waals surface area contributed by atoms with Crippen LogP contribution in [0.15, 0.2) is 42.5 Å². The average Bonchev–Trinajstić information content (AvgIpc) is 2.36. The zero-order valence-electron chi connectivity index (χ0n) is 10.3. The largest absolute Gasteiger partial charge is 0.507 e. The molecule has 0 heterocycles. The van der Waals surface area contributed by atoms with E-state index in [1.807, 2.05) is 0 Å². The van der Waals surface area contributed by atoms with Gasteiger partial charge >= 0.3 is 12.4 Å². The Hall–Kier alpha value is -2.18. The first-order chi connectivity index (χ1) is 9.59. The van der Waals surface area contributed by atoms with Crippen molar-refractivity contribution in [3.63, 3.8) is 0 Å². The number of benzene rings is 2. The van der Waals surface area contributed by atoms with Gasteiger partial charge < -0.3 is 5.11 Å². The molecular weight excluding hydrogens is 298 g/mol. The monoisotopic (exact) mass is 306 g/mol. The van der Waals surface area contributed by atoms with Gasteiger partial charge in [-0.2, -0.15) is 26.3 Å². The van der Waals surface area contributed by atoms with Crippen LogP contribution in [0.2, 0.25) is 0 Å². The lowest BCUT2D eigenvalue weighted by Gasteiger charge is -2.12. The number of aromatic hydroxyl groups is 1. The molecule has 21 heavy (non-hydrogen) atoms. The van der Waals surface area contributed by atoms with Gasteiger partial charge in [0.2, 0.25) is 0 Å². The van der Waals surface area contributed by atoms with Crippen LogP contribution in [0.5, 0.6) is 5.75 Å². The summed E-state index contributed by atoms with van der Waals surface area (Å²) in [7, 11) is 0. The number of hydrogen-bond donors (Lipinski definition) is 1. The fourth-order valence-corrected chi connectivity index (χ4v) is 1.83. The predicted octanol–water partition coefficient (Wildman–Crippen LogP) is 5.10. The molecule has 0 aromatic heterocycles. The minimum absolute atomic E-state index is 0.0617. The van der Waals surface area contributed by atoms with Crippen molar-refractivity contribution in [2.45, 2.75) is 12.4 Å². The number of hydrogen-bond acceptors (Lipinski definition) is 1. The Morgan fingerprint density at radius 1 is 0.714 bits per heavy atom. The van der Waals surface area contributed by atoms with E-state index >= 15 is 0 Å². The normalized spacial score (nSPS) is 12.5. The van der Waals surface area contributed by atoms with E-state index in [9.17, 15) is 31.4 Å². The molecule has 0 saturated carbocycles. The van der Waals surface area contributed by atoms with Crippen molar-refractivity contribution in [2.24, 2.45) is 0 Å². The Bertz CT molecular complexity index is 657. The first-order valence-electron chi connectivity index (χ1n) is 5.67. The molecule has 7 heteroatoms. The highest BCUT2D eigenvalue weighted by Crippen LogP contribution is 2.38. The minimum atomic E-state index is -4.73. The van der Waals surface area contributed by atoms with Crippen molar-refractivity contribution in [2.75, 3.05) is 0 Å². The SMILES string of the molecule is Oc1cc(-c2cccc(C(F)(F)F)c2)ccc1C(F)(F)F. The van der Waals surface area contributed by atoms with Gasteiger partial charge in [0.05, 0.1) is 11.1 Å². The van der Waals surface area contributed by atoms with Crippen LogP contribution < -0.4 is 0 Å². The summed E-state index contributed by atoms with van der Waals surface area (Å²) in [6.07, 6.45) is -9.28. The fourth-order valence-electron chi connectivity index (χ4n) is 1.83. The molecule has 112 valence electrons. The molecule has 2 rings (SSSR count). The van der Waals surface area contributed by atoms with Crippen LogP contribution in [0, 0.1) is 0 Å². The molecule has 0 saturated heterocycles. The number of rotatable bonds is 1. The molecule has 0 amide bonds. The number of phenols is 1. The maximum Gasteiger partial charge on any atom is 0.419 e. The average molecular weight is 306 g/mol. The van der Waals surface area contributed by atoms with Gasteiger partial charge in [0, 0.05) is 0 Å². The Kier molecular flexibility index (Phi) is 3.61. The zero-order chi connectivity index (χ0) is 15.8. The van der Waals surface area contributed by atoms with Crippen molar-refractivity contribution in [3.05, 3.63) is 53.6 Å². The lowest BCUT2D eigenvalue weighted by atomic mass is 10.0. The van der Waals surface area contributed by atoms with Gasteiger partial charge in [0.1, 0.15) is 5.75 Å². The lowest BCUT2D eigenvalue weighted by molar-refractivity contribution is -0.139. The summed E-state index contributed by atoms with van der Waals surface area (Å²) in [4.78, 5) is 0. The second kappa shape index (κ2) is 4.98. The van der Waals surface area contributed by atoms with Gasteiger partial charge in [-0.25, -0.2) is 0 Å². The maximum absolute atomic E-state index is 12.6. The summed E-state index contributed by atoms with van der Waals surface area (Å²) >= 11 is 0. The van der Waals surface area contributed by atoms with Gasteiger partial charge in [-0.05, 0) is 35.4 Å². The van der Waals surface area contributed by atoms with Gasteiger partial charge in [0.15, 0.2) is 0 Å². The molecule has 1 N–H and O–H groups in total. The van der Waals surface area contributed by atoms with Crippen LogP contribution in [-0.2, 0) is 12.4 Å². The quantitative estimate of drug-likeness (QED) is 0.727. The second-order valence-electron chi connectivity index (χ2n) is 4.31. The molecule has 0 radical (unpaired) electrons. The van der Waals surface area contributed by atoms with Crippen LogP contribution in [0.25, 0.3) is 11.1 Å². The van der Waals surface area contributed by atoms with Gasteiger partial charge in [-0.1, -0.05) is 18.2 Å². The van der Waals surface area contributed by atoms with Crippen molar-refractivity contribution in [3.8, 4) is 16.9 Å². The van der Waals surface area contributed by atoms with E-state index in [2.05, 4.69) is 0 Å². The van der Waals surface area contributed by atoms with Crippen LogP contribution in [0.4, 0.5) is 26.3 Å². The number of phenolic OH excluding ortho intramolecular Hbond substituents is 1. The second-order valence-corrected chi connectivity index (χ2v) is 4.31. The molecule has 0 bridgehead atoms. The molecule has 0 aliphatic heterocycles. The van der Waals surface area contributed by atoms with E-state index in [4.69, 9.17) is 0 Å². The summed E-state index contributed by atoms with van der Waals surface area (Å²) in [5.41, 5.74) is -2.03. The molecular formula is C14H8F6O. The number of alkyl halides is 6. The molecule has 0 atom stereocenters. The molecule has 0 spiro atoms. The van der Waals surface area contributed by atoms with E-state index < -0.39 is 29.2 Å².